The Kier molecular flexibility index (Phi) is 3.17. The Hall–Kier alpha value is -2.32. The molecular formula is C14H9ClFN3O. The van der Waals surface area contributed by atoms with Crippen molar-refractivity contribution in [1.29, 1.82) is 5.26 Å². The Morgan fingerprint density at radius 1 is 1.40 bits per heavy atom. The molecule has 0 bridgehead atoms. The average Bonchev–Trinajstić information content (AvgIpc) is 2.46. The fourth-order valence-corrected chi connectivity index (χ4v) is 2.19. The van der Waals surface area contributed by atoms with Gasteiger partial charge in [0.1, 0.15) is 17.1 Å². The maximum absolute atomic E-state index is 14.0. The minimum Gasteiger partial charge on any atom is -0.466 e. The van der Waals surface area contributed by atoms with Crippen molar-refractivity contribution in [3.63, 3.8) is 0 Å². The molecule has 1 aliphatic rings. The predicted octanol–water partition coefficient (Wildman–Crippen LogP) is 3.29. The number of benzene rings is 1. The summed E-state index contributed by atoms with van der Waals surface area (Å²) in [7, 11) is 0. The van der Waals surface area contributed by atoms with Crippen molar-refractivity contribution in [2.24, 2.45) is 0 Å². The zero-order valence-electron chi connectivity index (χ0n) is 10.2. The number of pyridine rings is 1. The second-order valence-corrected chi connectivity index (χ2v) is 4.71. The number of hydrogen-bond donors (Lipinski definition) is 1. The third-order valence-corrected chi connectivity index (χ3v) is 3.25. The van der Waals surface area contributed by atoms with Crippen LogP contribution in [0, 0.1) is 17.1 Å². The highest BCUT2D eigenvalue weighted by molar-refractivity contribution is 6.29. The van der Waals surface area contributed by atoms with Crippen LogP contribution in [-0.4, -0.2) is 11.5 Å². The summed E-state index contributed by atoms with van der Waals surface area (Å²) in [6, 6.07) is 9.61. The second-order valence-electron chi connectivity index (χ2n) is 4.32. The topological polar surface area (TPSA) is 57.9 Å². The molecule has 1 aromatic heterocycles. The van der Waals surface area contributed by atoms with Gasteiger partial charge < -0.3 is 10.1 Å². The number of hydrogen-bond acceptors (Lipinski definition) is 4. The smallest absolute Gasteiger partial charge is 0.239 e. The highest BCUT2D eigenvalue weighted by atomic mass is 35.5. The molecule has 1 N–H and O–H groups in total. The molecule has 0 saturated heterocycles. The number of fused-ring (bicyclic) bond motifs is 1. The van der Waals surface area contributed by atoms with Crippen molar-refractivity contribution in [1.82, 2.24) is 4.98 Å². The summed E-state index contributed by atoms with van der Waals surface area (Å²) in [6.45, 7) is 0.416. The normalized spacial score (nSPS) is 16.6. The number of nitriles is 1. The SMILES string of the molecule is N#Cc1ccc(C2CNc3ccc(Cl)nc3O2)c(F)c1. The first-order chi connectivity index (χ1) is 9.67. The number of nitrogens with zero attached hydrogens (tertiary/aromatic N) is 2. The average molecular weight is 290 g/mol. The summed E-state index contributed by atoms with van der Waals surface area (Å²) in [6.07, 6.45) is -0.513. The quantitative estimate of drug-likeness (QED) is 0.819. The van der Waals surface area contributed by atoms with E-state index in [1.807, 2.05) is 6.07 Å². The number of anilines is 1. The van der Waals surface area contributed by atoms with Crippen LogP contribution in [-0.2, 0) is 0 Å². The summed E-state index contributed by atoms with van der Waals surface area (Å²) in [5.74, 6) is -0.126. The molecule has 0 spiro atoms. The van der Waals surface area contributed by atoms with E-state index >= 15 is 0 Å². The van der Waals surface area contributed by atoms with Crippen molar-refractivity contribution in [3.05, 3.63) is 52.4 Å². The van der Waals surface area contributed by atoms with Gasteiger partial charge in [-0.1, -0.05) is 17.7 Å². The van der Waals surface area contributed by atoms with E-state index in [0.29, 0.717) is 23.1 Å². The molecule has 20 heavy (non-hydrogen) atoms. The number of rotatable bonds is 1. The van der Waals surface area contributed by atoms with Gasteiger partial charge in [-0.3, -0.25) is 0 Å². The van der Waals surface area contributed by atoms with E-state index in [4.69, 9.17) is 21.6 Å². The van der Waals surface area contributed by atoms with Crippen LogP contribution in [0.25, 0.3) is 0 Å². The molecule has 2 aromatic rings. The lowest BCUT2D eigenvalue weighted by Crippen LogP contribution is -2.25. The molecule has 1 unspecified atom stereocenters. The molecule has 3 rings (SSSR count). The van der Waals surface area contributed by atoms with Gasteiger partial charge in [-0.15, -0.1) is 0 Å². The summed E-state index contributed by atoms with van der Waals surface area (Å²) >= 11 is 5.81. The van der Waals surface area contributed by atoms with E-state index in [1.165, 1.54) is 6.07 Å². The number of nitrogens with one attached hydrogen (secondary N) is 1. The maximum Gasteiger partial charge on any atom is 0.239 e. The molecule has 0 radical (unpaired) electrons. The number of halogens is 2. The van der Waals surface area contributed by atoms with Gasteiger partial charge in [0.05, 0.1) is 23.9 Å². The van der Waals surface area contributed by atoms with Crippen LogP contribution in [0.1, 0.15) is 17.2 Å². The molecule has 1 aliphatic heterocycles. The molecule has 0 aliphatic carbocycles. The molecule has 1 atom stereocenters. The first-order valence-corrected chi connectivity index (χ1v) is 6.32. The highest BCUT2D eigenvalue weighted by Gasteiger charge is 2.24. The van der Waals surface area contributed by atoms with Crippen LogP contribution in [0.2, 0.25) is 5.15 Å². The predicted molar refractivity (Wildman–Crippen MR) is 72.2 cm³/mol. The van der Waals surface area contributed by atoms with Crippen LogP contribution in [0.15, 0.2) is 30.3 Å². The Morgan fingerprint density at radius 3 is 3.00 bits per heavy atom. The van der Waals surface area contributed by atoms with Crippen molar-refractivity contribution < 1.29 is 9.13 Å². The van der Waals surface area contributed by atoms with Gasteiger partial charge in [0.25, 0.3) is 0 Å². The molecule has 100 valence electrons. The lowest BCUT2D eigenvalue weighted by Gasteiger charge is -2.26. The Morgan fingerprint density at radius 2 is 2.25 bits per heavy atom. The lowest BCUT2D eigenvalue weighted by atomic mass is 10.1. The Labute approximate surface area is 119 Å². The van der Waals surface area contributed by atoms with Gasteiger partial charge in [-0.2, -0.15) is 10.2 Å². The van der Waals surface area contributed by atoms with E-state index in [2.05, 4.69) is 10.3 Å². The van der Waals surface area contributed by atoms with Crippen molar-refractivity contribution >= 4 is 17.3 Å². The molecule has 0 saturated carbocycles. The first-order valence-electron chi connectivity index (χ1n) is 5.94. The van der Waals surface area contributed by atoms with Crippen LogP contribution < -0.4 is 10.1 Å². The minimum absolute atomic E-state index is 0.275. The molecule has 4 nitrogen and oxygen atoms in total. The monoisotopic (exact) mass is 289 g/mol. The molecule has 1 aromatic carbocycles. The largest absolute Gasteiger partial charge is 0.466 e. The van der Waals surface area contributed by atoms with Gasteiger partial charge in [0, 0.05) is 5.56 Å². The first kappa shape index (κ1) is 12.7. The van der Waals surface area contributed by atoms with Gasteiger partial charge in [-0.05, 0) is 24.3 Å². The summed E-state index contributed by atoms with van der Waals surface area (Å²) in [5, 5.41) is 12.2. The Balaban J connectivity index is 1.92. The van der Waals surface area contributed by atoms with Crippen LogP contribution in [0.3, 0.4) is 0 Å². The second kappa shape index (κ2) is 4.99. The summed E-state index contributed by atoms with van der Waals surface area (Å²) < 4.78 is 19.6. The van der Waals surface area contributed by atoms with Gasteiger partial charge in [0.15, 0.2) is 0 Å². The van der Waals surface area contributed by atoms with E-state index in [9.17, 15) is 4.39 Å². The third kappa shape index (κ3) is 2.26. The van der Waals surface area contributed by atoms with E-state index < -0.39 is 11.9 Å². The fraction of sp³-hybridized carbons (Fsp3) is 0.143. The third-order valence-electron chi connectivity index (χ3n) is 3.03. The molecule has 0 amide bonds. The zero-order chi connectivity index (χ0) is 14.1. The molecular weight excluding hydrogens is 281 g/mol. The van der Waals surface area contributed by atoms with Gasteiger partial charge in [-0.25, -0.2) is 4.39 Å². The van der Waals surface area contributed by atoms with Gasteiger partial charge in [0.2, 0.25) is 5.88 Å². The molecule has 0 fully saturated rings. The zero-order valence-corrected chi connectivity index (χ0v) is 11.0. The van der Waals surface area contributed by atoms with E-state index in [0.717, 1.165) is 5.69 Å². The fourth-order valence-electron chi connectivity index (χ4n) is 2.05. The van der Waals surface area contributed by atoms with Crippen molar-refractivity contribution in [2.45, 2.75) is 6.10 Å². The maximum atomic E-state index is 14.0. The highest BCUT2D eigenvalue weighted by Crippen LogP contribution is 2.34. The van der Waals surface area contributed by atoms with Crippen LogP contribution in [0.4, 0.5) is 10.1 Å². The van der Waals surface area contributed by atoms with Crippen molar-refractivity contribution in [2.75, 3.05) is 11.9 Å². The number of aromatic nitrogens is 1. The van der Waals surface area contributed by atoms with E-state index in [-0.39, 0.29) is 5.56 Å². The van der Waals surface area contributed by atoms with Gasteiger partial charge >= 0.3 is 0 Å². The van der Waals surface area contributed by atoms with Crippen LogP contribution in [0.5, 0.6) is 5.88 Å². The van der Waals surface area contributed by atoms with Crippen LogP contribution >= 0.6 is 11.6 Å². The Bertz CT molecular complexity index is 714. The minimum atomic E-state index is -0.513. The summed E-state index contributed by atoms with van der Waals surface area (Å²) in [4.78, 5) is 4.06. The molecule has 6 heteroatoms. The van der Waals surface area contributed by atoms with Crippen molar-refractivity contribution in [3.8, 4) is 11.9 Å². The standard InChI is InChI=1S/C14H9ClFN3O/c15-13-4-3-11-14(19-13)20-12(7-18-11)9-2-1-8(6-17)5-10(9)16/h1-5,12,18H,7H2. The summed E-state index contributed by atoms with van der Waals surface area (Å²) in [5.41, 5.74) is 1.38. The van der Waals surface area contributed by atoms with E-state index in [1.54, 1.807) is 24.3 Å². The molecule has 2 heterocycles. The number of ether oxygens (including phenoxy) is 1. The lowest BCUT2D eigenvalue weighted by molar-refractivity contribution is 0.196.